The zero-order chi connectivity index (χ0) is 11.9. The lowest BCUT2D eigenvalue weighted by Gasteiger charge is -2.30. The standard InChI is InChI=1S/C10H23NO3S/c1-4-5-6-8-11(2,3)9-7-10-15(12,13)14/h4-10H2,1-3H3. The minimum absolute atomic E-state index is 0.234. The van der Waals surface area contributed by atoms with Crippen LogP contribution in [0.25, 0.3) is 0 Å². The van der Waals surface area contributed by atoms with Crippen molar-refractivity contribution in [2.75, 3.05) is 32.9 Å². The van der Waals surface area contributed by atoms with Crippen LogP contribution in [-0.2, 0) is 10.1 Å². The predicted octanol–water partition coefficient (Wildman–Crippen LogP) is 1.19. The highest BCUT2D eigenvalue weighted by Crippen LogP contribution is 2.05. The summed E-state index contributed by atoms with van der Waals surface area (Å²) in [6.07, 6.45) is 4.02. The molecule has 0 fully saturated rings. The van der Waals surface area contributed by atoms with Gasteiger partial charge in [-0.25, -0.2) is 8.42 Å². The van der Waals surface area contributed by atoms with Crippen LogP contribution >= 0.6 is 0 Å². The monoisotopic (exact) mass is 237 g/mol. The summed E-state index contributed by atoms with van der Waals surface area (Å²) in [6.45, 7) is 3.96. The first-order valence-electron chi connectivity index (χ1n) is 5.52. The highest BCUT2D eigenvalue weighted by atomic mass is 32.2. The van der Waals surface area contributed by atoms with Gasteiger partial charge in [0.2, 0.25) is 0 Å². The van der Waals surface area contributed by atoms with Crippen molar-refractivity contribution in [1.29, 1.82) is 0 Å². The van der Waals surface area contributed by atoms with Gasteiger partial charge in [-0.3, -0.25) is 0 Å². The minimum atomic E-state index is -4.03. The molecule has 0 aromatic heterocycles. The zero-order valence-corrected chi connectivity index (χ0v) is 10.8. The fourth-order valence-electron chi connectivity index (χ4n) is 1.57. The maximum absolute atomic E-state index is 10.4. The molecule has 5 heteroatoms. The van der Waals surface area contributed by atoms with Crippen molar-refractivity contribution >= 4 is 10.1 Å². The number of hydrogen-bond donors (Lipinski definition) is 0. The lowest BCUT2D eigenvalue weighted by Crippen LogP contribution is -2.41. The molecule has 0 bridgehead atoms. The van der Waals surface area contributed by atoms with Crippen molar-refractivity contribution in [3.05, 3.63) is 0 Å². The molecule has 0 N–H and O–H groups in total. The highest BCUT2D eigenvalue weighted by molar-refractivity contribution is 7.85. The van der Waals surface area contributed by atoms with Crippen LogP contribution in [-0.4, -0.2) is 50.4 Å². The molecule has 0 aromatic rings. The summed E-state index contributed by atoms with van der Waals surface area (Å²) in [5, 5.41) is 0. The predicted molar refractivity (Wildman–Crippen MR) is 60.5 cm³/mol. The Bertz CT molecular complexity index is 260. The van der Waals surface area contributed by atoms with E-state index in [9.17, 15) is 13.0 Å². The molecule has 0 aliphatic rings. The summed E-state index contributed by atoms with van der Waals surface area (Å²) in [5.74, 6) is -0.234. The van der Waals surface area contributed by atoms with Crippen LogP contribution in [0.2, 0.25) is 0 Å². The van der Waals surface area contributed by atoms with Crippen molar-refractivity contribution < 1.29 is 17.5 Å². The number of unbranched alkanes of at least 4 members (excludes halogenated alkanes) is 2. The van der Waals surface area contributed by atoms with E-state index in [0.717, 1.165) is 24.0 Å². The Kier molecular flexibility index (Phi) is 6.40. The number of rotatable bonds is 8. The third-order valence-corrected chi connectivity index (χ3v) is 3.31. The smallest absolute Gasteiger partial charge is 0.0948 e. The molecule has 0 saturated carbocycles. The van der Waals surface area contributed by atoms with Gasteiger partial charge < -0.3 is 9.04 Å². The summed E-state index contributed by atoms with van der Waals surface area (Å²) in [6, 6.07) is 0. The second-order valence-corrected chi connectivity index (χ2v) is 6.23. The molecule has 4 nitrogen and oxygen atoms in total. The van der Waals surface area contributed by atoms with Crippen molar-refractivity contribution in [1.82, 2.24) is 0 Å². The van der Waals surface area contributed by atoms with Crippen LogP contribution in [0.5, 0.6) is 0 Å². The second-order valence-electron chi connectivity index (χ2n) is 4.71. The Labute approximate surface area is 93.6 Å². The molecular weight excluding hydrogens is 214 g/mol. The SMILES string of the molecule is CCCCC[N+](C)(C)CCCS(=O)(=O)[O-]. The first-order chi connectivity index (χ1) is 6.77. The molecule has 0 spiro atoms. The van der Waals surface area contributed by atoms with Crippen LogP contribution in [0.15, 0.2) is 0 Å². The molecule has 0 aromatic carbocycles. The average Bonchev–Trinajstić information content (AvgIpc) is 2.01. The highest BCUT2D eigenvalue weighted by Gasteiger charge is 2.14. The van der Waals surface area contributed by atoms with Gasteiger partial charge in [-0.15, -0.1) is 0 Å². The van der Waals surface area contributed by atoms with Gasteiger partial charge in [0.15, 0.2) is 0 Å². The number of hydrogen-bond acceptors (Lipinski definition) is 3. The molecule has 0 radical (unpaired) electrons. The van der Waals surface area contributed by atoms with E-state index in [1.54, 1.807) is 0 Å². The van der Waals surface area contributed by atoms with Crippen LogP contribution in [0.3, 0.4) is 0 Å². The Balaban J connectivity index is 3.73. The molecule has 0 aliphatic carbocycles. The van der Waals surface area contributed by atoms with E-state index in [-0.39, 0.29) is 5.75 Å². The van der Waals surface area contributed by atoms with E-state index < -0.39 is 10.1 Å². The maximum Gasteiger partial charge on any atom is 0.0948 e. The molecule has 0 rings (SSSR count). The van der Waals surface area contributed by atoms with E-state index in [1.807, 2.05) is 0 Å². The third kappa shape index (κ3) is 10.2. The fourth-order valence-corrected chi connectivity index (χ4v) is 2.05. The van der Waals surface area contributed by atoms with Gasteiger partial charge in [0, 0.05) is 12.2 Å². The molecule has 92 valence electrons. The summed E-state index contributed by atoms with van der Waals surface area (Å²) in [7, 11) is 0.121. The number of nitrogens with zero attached hydrogens (tertiary/aromatic N) is 1. The number of quaternary nitrogens is 1. The largest absolute Gasteiger partial charge is 0.748 e. The average molecular weight is 237 g/mol. The van der Waals surface area contributed by atoms with Crippen LogP contribution in [0.1, 0.15) is 32.6 Å². The molecule has 0 saturated heterocycles. The normalized spacial score (nSPS) is 13.1. The van der Waals surface area contributed by atoms with E-state index in [1.165, 1.54) is 12.8 Å². The van der Waals surface area contributed by atoms with Crippen molar-refractivity contribution in [2.45, 2.75) is 32.6 Å². The lowest BCUT2D eigenvalue weighted by molar-refractivity contribution is -0.890. The third-order valence-electron chi connectivity index (χ3n) is 2.52. The van der Waals surface area contributed by atoms with Crippen LogP contribution in [0, 0.1) is 0 Å². The van der Waals surface area contributed by atoms with Gasteiger partial charge in [0.05, 0.1) is 37.3 Å². The minimum Gasteiger partial charge on any atom is -0.748 e. The topological polar surface area (TPSA) is 57.2 Å². The maximum atomic E-state index is 10.4. The molecule has 0 amide bonds. The lowest BCUT2D eigenvalue weighted by atomic mass is 10.2. The fraction of sp³-hybridized carbons (Fsp3) is 1.00. The molecular formula is C10H23NO3S. The quantitative estimate of drug-likeness (QED) is 0.362. The van der Waals surface area contributed by atoms with E-state index >= 15 is 0 Å². The second kappa shape index (κ2) is 6.45. The van der Waals surface area contributed by atoms with Crippen LogP contribution in [0.4, 0.5) is 0 Å². The molecule has 0 aliphatic heterocycles. The summed E-state index contributed by atoms with van der Waals surface area (Å²) in [5.41, 5.74) is 0. The summed E-state index contributed by atoms with van der Waals surface area (Å²) < 4.78 is 32.0. The first-order valence-corrected chi connectivity index (χ1v) is 7.10. The molecule has 0 heterocycles. The Morgan fingerprint density at radius 1 is 1.07 bits per heavy atom. The van der Waals surface area contributed by atoms with Gasteiger partial charge >= 0.3 is 0 Å². The van der Waals surface area contributed by atoms with Gasteiger partial charge in [0.1, 0.15) is 0 Å². The first kappa shape index (κ1) is 14.9. The van der Waals surface area contributed by atoms with Gasteiger partial charge in [-0.05, 0) is 12.8 Å². The van der Waals surface area contributed by atoms with E-state index in [4.69, 9.17) is 0 Å². The molecule has 15 heavy (non-hydrogen) atoms. The van der Waals surface area contributed by atoms with Gasteiger partial charge in [0.25, 0.3) is 0 Å². The van der Waals surface area contributed by atoms with E-state index in [2.05, 4.69) is 21.0 Å². The van der Waals surface area contributed by atoms with Crippen LogP contribution < -0.4 is 0 Å². The van der Waals surface area contributed by atoms with Crippen molar-refractivity contribution in [3.8, 4) is 0 Å². The summed E-state index contributed by atoms with van der Waals surface area (Å²) >= 11 is 0. The van der Waals surface area contributed by atoms with E-state index in [0.29, 0.717) is 6.42 Å². The van der Waals surface area contributed by atoms with Gasteiger partial charge in [-0.1, -0.05) is 13.3 Å². The van der Waals surface area contributed by atoms with Crippen molar-refractivity contribution in [3.63, 3.8) is 0 Å². The summed E-state index contributed by atoms with van der Waals surface area (Å²) in [4.78, 5) is 0. The van der Waals surface area contributed by atoms with Crippen molar-refractivity contribution in [2.24, 2.45) is 0 Å². The Hall–Kier alpha value is -0.130. The zero-order valence-electron chi connectivity index (χ0n) is 10.0. The Morgan fingerprint density at radius 3 is 2.07 bits per heavy atom. The molecule has 0 unspecified atom stereocenters. The molecule has 0 atom stereocenters. The Morgan fingerprint density at radius 2 is 1.60 bits per heavy atom. The van der Waals surface area contributed by atoms with Gasteiger partial charge in [-0.2, -0.15) is 0 Å².